The number of carbonyl (C=O) groups excluding carboxylic acids is 1. The van der Waals surface area contributed by atoms with Crippen LogP contribution in [0.1, 0.15) is 19.4 Å². The molecule has 0 spiro atoms. The van der Waals surface area contributed by atoms with E-state index in [-0.39, 0.29) is 5.91 Å². The van der Waals surface area contributed by atoms with Crippen molar-refractivity contribution in [3.8, 4) is 6.07 Å². The van der Waals surface area contributed by atoms with E-state index in [9.17, 15) is 9.59 Å². The van der Waals surface area contributed by atoms with Crippen LogP contribution in [0.2, 0.25) is 0 Å². The van der Waals surface area contributed by atoms with Crippen molar-refractivity contribution >= 4 is 33.5 Å². The quantitative estimate of drug-likeness (QED) is 0.887. The summed E-state index contributed by atoms with van der Waals surface area (Å²) < 4.78 is 0.593. The van der Waals surface area contributed by atoms with Crippen molar-refractivity contribution in [1.29, 1.82) is 5.26 Å². The molecular formula is C14H13BrN2O3. The zero-order valence-electron chi connectivity index (χ0n) is 11.0. The normalized spacial score (nSPS) is 22.7. The molecule has 1 saturated carbocycles. The summed E-state index contributed by atoms with van der Waals surface area (Å²) in [7, 11) is 0. The van der Waals surface area contributed by atoms with Gasteiger partial charge in [-0.1, -0.05) is 13.8 Å². The molecule has 6 heteroatoms. The number of hydrogen-bond donors (Lipinski definition) is 2. The van der Waals surface area contributed by atoms with Gasteiger partial charge in [-0.25, -0.2) is 0 Å². The minimum atomic E-state index is -0.950. The average Bonchev–Trinajstić information content (AvgIpc) is 2.95. The number of benzene rings is 1. The Morgan fingerprint density at radius 1 is 1.40 bits per heavy atom. The van der Waals surface area contributed by atoms with Crippen molar-refractivity contribution < 1.29 is 14.7 Å². The first kappa shape index (κ1) is 14.5. The highest BCUT2D eigenvalue weighted by Gasteiger charge is 2.65. The predicted octanol–water partition coefficient (Wildman–Crippen LogP) is 2.62. The lowest BCUT2D eigenvalue weighted by molar-refractivity contribution is -0.140. The van der Waals surface area contributed by atoms with Crippen molar-refractivity contribution in [2.75, 3.05) is 5.32 Å². The zero-order chi connectivity index (χ0) is 15.1. The molecule has 0 radical (unpaired) electrons. The number of hydrogen-bond acceptors (Lipinski definition) is 3. The number of carboxylic acid groups (broad SMARTS) is 1. The summed E-state index contributed by atoms with van der Waals surface area (Å²) in [5.41, 5.74) is 0.473. The lowest BCUT2D eigenvalue weighted by Gasteiger charge is -2.08. The molecule has 0 aromatic heterocycles. The standard InChI is InChI=1S/C14H13BrN2O3/c1-14(2)10(11(14)13(19)20)12(18)17-9-4-3-7(6-16)5-8(9)15/h3-5,10-11H,1-2H3,(H,17,18)(H,19,20)/t10-,11+/m1/s1. The molecule has 0 saturated heterocycles. The van der Waals surface area contributed by atoms with Crippen LogP contribution in [-0.4, -0.2) is 17.0 Å². The van der Waals surface area contributed by atoms with Gasteiger partial charge >= 0.3 is 5.97 Å². The van der Waals surface area contributed by atoms with Gasteiger partial charge in [0.05, 0.1) is 29.2 Å². The molecule has 1 aliphatic carbocycles. The van der Waals surface area contributed by atoms with Gasteiger partial charge in [0.2, 0.25) is 5.91 Å². The van der Waals surface area contributed by atoms with Crippen molar-refractivity contribution in [2.24, 2.45) is 17.3 Å². The Morgan fingerprint density at radius 2 is 2.05 bits per heavy atom. The number of aliphatic carboxylic acids is 1. The van der Waals surface area contributed by atoms with Crippen molar-refractivity contribution in [3.63, 3.8) is 0 Å². The number of nitriles is 1. The molecular weight excluding hydrogens is 324 g/mol. The molecule has 1 fully saturated rings. The Hall–Kier alpha value is -1.87. The fraction of sp³-hybridized carbons (Fsp3) is 0.357. The third kappa shape index (κ3) is 2.41. The van der Waals surface area contributed by atoms with E-state index in [2.05, 4.69) is 21.2 Å². The van der Waals surface area contributed by atoms with E-state index in [1.807, 2.05) is 6.07 Å². The molecule has 104 valence electrons. The molecule has 1 aromatic carbocycles. The van der Waals surface area contributed by atoms with E-state index in [1.54, 1.807) is 32.0 Å². The maximum absolute atomic E-state index is 12.2. The second kappa shape index (κ2) is 4.91. The number of anilines is 1. The van der Waals surface area contributed by atoms with E-state index >= 15 is 0 Å². The van der Waals surface area contributed by atoms with Crippen LogP contribution in [-0.2, 0) is 9.59 Å². The van der Waals surface area contributed by atoms with Gasteiger partial charge in [-0.15, -0.1) is 0 Å². The summed E-state index contributed by atoms with van der Waals surface area (Å²) in [5, 5.41) is 20.6. The summed E-state index contributed by atoms with van der Waals surface area (Å²) >= 11 is 3.28. The van der Waals surface area contributed by atoms with E-state index < -0.39 is 23.2 Å². The minimum absolute atomic E-state index is 0.312. The van der Waals surface area contributed by atoms with Crippen LogP contribution >= 0.6 is 15.9 Å². The maximum atomic E-state index is 12.2. The third-order valence-electron chi connectivity index (χ3n) is 3.73. The van der Waals surface area contributed by atoms with Crippen molar-refractivity contribution in [2.45, 2.75) is 13.8 Å². The average molecular weight is 337 g/mol. The number of carbonyl (C=O) groups is 2. The van der Waals surface area contributed by atoms with E-state index in [1.165, 1.54) is 0 Å². The number of amides is 1. The second-order valence-electron chi connectivity index (χ2n) is 5.41. The molecule has 0 heterocycles. The molecule has 1 aliphatic rings. The van der Waals surface area contributed by atoms with E-state index in [0.717, 1.165) is 0 Å². The Labute approximate surface area is 124 Å². The van der Waals surface area contributed by atoms with Gasteiger partial charge in [-0.3, -0.25) is 9.59 Å². The molecule has 2 atom stereocenters. The molecule has 1 amide bonds. The van der Waals surface area contributed by atoms with Crippen LogP contribution in [0.25, 0.3) is 0 Å². The zero-order valence-corrected chi connectivity index (χ0v) is 12.6. The number of carboxylic acids is 1. The second-order valence-corrected chi connectivity index (χ2v) is 6.26. The fourth-order valence-corrected chi connectivity index (χ4v) is 2.96. The molecule has 0 bridgehead atoms. The maximum Gasteiger partial charge on any atom is 0.307 e. The molecule has 2 N–H and O–H groups in total. The monoisotopic (exact) mass is 336 g/mol. The van der Waals surface area contributed by atoms with Gasteiger partial charge in [0.1, 0.15) is 0 Å². The number of halogens is 1. The smallest absolute Gasteiger partial charge is 0.307 e. The number of nitrogens with zero attached hydrogens (tertiary/aromatic N) is 1. The highest BCUT2D eigenvalue weighted by molar-refractivity contribution is 9.10. The van der Waals surface area contributed by atoms with E-state index in [0.29, 0.717) is 15.7 Å². The van der Waals surface area contributed by atoms with Crippen LogP contribution in [0.15, 0.2) is 22.7 Å². The highest BCUT2D eigenvalue weighted by Crippen LogP contribution is 2.58. The molecule has 5 nitrogen and oxygen atoms in total. The first-order valence-corrected chi connectivity index (χ1v) is 6.81. The van der Waals surface area contributed by atoms with Gasteiger partial charge in [0.25, 0.3) is 0 Å². The van der Waals surface area contributed by atoms with Crippen LogP contribution in [0.4, 0.5) is 5.69 Å². The van der Waals surface area contributed by atoms with Gasteiger partial charge in [0, 0.05) is 4.47 Å². The summed E-state index contributed by atoms with van der Waals surface area (Å²) in [6.45, 7) is 3.54. The highest BCUT2D eigenvalue weighted by atomic mass is 79.9. The summed E-state index contributed by atoms with van der Waals surface area (Å²) in [5.74, 6) is -2.45. The molecule has 2 rings (SSSR count). The topological polar surface area (TPSA) is 90.2 Å². The SMILES string of the molecule is CC1(C)[C@H](C(=O)O)[C@@H]1C(=O)Nc1ccc(C#N)cc1Br. The lowest BCUT2D eigenvalue weighted by atomic mass is 10.1. The molecule has 1 aromatic rings. The fourth-order valence-electron chi connectivity index (χ4n) is 2.48. The Balaban J connectivity index is 2.14. The van der Waals surface area contributed by atoms with Crippen LogP contribution in [0, 0.1) is 28.6 Å². The van der Waals surface area contributed by atoms with Gasteiger partial charge < -0.3 is 10.4 Å². The van der Waals surface area contributed by atoms with Gasteiger partial charge in [-0.2, -0.15) is 5.26 Å². The van der Waals surface area contributed by atoms with Crippen molar-refractivity contribution in [3.05, 3.63) is 28.2 Å². The molecule has 0 aliphatic heterocycles. The molecule has 20 heavy (non-hydrogen) atoms. The first-order chi connectivity index (χ1) is 9.28. The van der Waals surface area contributed by atoms with Gasteiger partial charge in [-0.05, 0) is 39.5 Å². The molecule has 0 unspecified atom stereocenters. The number of nitrogens with one attached hydrogen (secondary N) is 1. The first-order valence-electron chi connectivity index (χ1n) is 6.02. The Bertz CT molecular complexity index is 634. The van der Waals surface area contributed by atoms with Crippen LogP contribution in [0.5, 0.6) is 0 Å². The minimum Gasteiger partial charge on any atom is -0.481 e. The lowest BCUT2D eigenvalue weighted by Crippen LogP contribution is -2.18. The predicted molar refractivity (Wildman–Crippen MR) is 75.9 cm³/mol. The summed E-state index contributed by atoms with van der Waals surface area (Å²) in [4.78, 5) is 23.2. The van der Waals surface area contributed by atoms with Crippen LogP contribution < -0.4 is 5.32 Å². The summed E-state index contributed by atoms with van der Waals surface area (Å²) in [6.07, 6.45) is 0. The van der Waals surface area contributed by atoms with Crippen LogP contribution in [0.3, 0.4) is 0 Å². The van der Waals surface area contributed by atoms with Crippen molar-refractivity contribution in [1.82, 2.24) is 0 Å². The number of rotatable bonds is 3. The Kier molecular flexibility index (Phi) is 3.57. The van der Waals surface area contributed by atoms with E-state index in [4.69, 9.17) is 10.4 Å². The third-order valence-corrected chi connectivity index (χ3v) is 4.39. The Morgan fingerprint density at radius 3 is 2.50 bits per heavy atom. The largest absolute Gasteiger partial charge is 0.481 e. The van der Waals surface area contributed by atoms with Gasteiger partial charge in [0.15, 0.2) is 0 Å². The summed E-state index contributed by atoms with van der Waals surface area (Å²) in [6, 6.07) is 6.80.